The highest BCUT2D eigenvalue weighted by atomic mass is 16.6. The zero-order chi connectivity index (χ0) is 13.7. The van der Waals surface area contributed by atoms with Crippen LogP contribution in [0, 0.1) is 10.1 Å². The Morgan fingerprint density at radius 1 is 1.61 bits per heavy atom. The topological polar surface area (TPSA) is 97.3 Å². The second-order valence-corrected chi connectivity index (χ2v) is 4.22. The zero-order valence-electron chi connectivity index (χ0n) is 10.9. The molecule has 1 rings (SSSR count). The van der Waals surface area contributed by atoms with Gasteiger partial charge in [-0.3, -0.25) is 10.1 Å². The van der Waals surface area contributed by atoms with Gasteiger partial charge in [-0.1, -0.05) is 13.3 Å². The maximum absolute atomic E-state index is 10.8. The van der Waals surface area contributed by atoms with E-state index in [1.54, 1.807) is 0 Å². The molecule has 1 unspecified atom stereocenters. The molecule has 7 nitrogen and oxygen atoms in total. The minimum absolute atomic E-state index is 0.0245. The Labute approximate surface area is 106 Å². The SMILES string of the molecule is CCCC(C)N(C)c1cc([N+](=O)[O-])cc(NN)n1. The van der Waals surface area contributed by atoms with Crippen LogP contribution < -0.4 is 16.2 Å². The number of nitrogens with one attached hydrogen (secondary N) is 1. The number of hydrogen-bond acceptors (Lipinski definition) is 6. The van der Waals surface area contributed by atoms with Crippen LogP contribution in [0.4, 0.5) is 17.3 Å². The molecule has 0 aromatic carbocycles. The molecule has 0 aliphatic heterocycles. The van der Waals surface area contributed by atoms with Crippen LogP contribution >= 0.6 is 0 Å². The summed E-state index contributed by atoms with van der Waals surface area (Å²) in [6.07, 6.45) is 2.04. The minimum Gasteiger partial charge on any atom is -0.357 e. The van der Waals surface area contributed by atoms with Crippen LogP contribution in [0.3, 0.4) is 0 Å². The van der Waals surface area contributed by atoms with Crippen molar-refractivity contribution in [2.45, 2.75) is 32.7 Å². The molecule has 100 valence electrons. The number of aromatic nitrogens is 1. The summed E-state index contributed by atoms with van der Waals surface area (Å²) in [6.45, 7) is 4.15. The third kappa shape index (κ3) is 3.30. The molecule has 1 atom stereocenters. The molecule has 0 saturated carbocycles. The van der Waals surface area contributed by atoms with Gasteiger partial charge < -0.3 is 10.3 Å². The van der Waals surface area contributed by atoms with Crippen molar-refractivity contribution in [3.05, 3.63) is 22.2 Å². The Balaban J connectivity index is 3.07. The van der Waals surface area contributed by atoms with Crippen LogP contribution in [-0.2, 0) is 0 Å². The van der Waals surface area contributed by atoms with E-state index in [0.29, 0.717) is 5.82 Å². The maximum Gasteiger partial charge on any atom is 0.276 e. The molecule has 1 heterocycles. The third-order valence-electron chi connectivity index (χ3n) is 2.88. The second-order valence-electron chi connectivity index (χ2n) is 4.22. The van der Waals surface area contributed by atoms with Crippen LogP contribution in [0.25, 0.3) is 0 Å². The van der Waals surface area contributed by atoms with E-state index in [0.717, 1.165) is 12.8 Å². The largest absolute Gasteiger partial charge is 0.357 e. The summed E-state index contributed by atoms with van der Waals surface area (Å²) in [6, 6.07) is 3.02. The number of rotatable bonds is 6. The summed E-state index contributed by atoms with van der Waals surface area (Å²) in [5.74, 6) is 6.10. The van der Waals surface area contributed by atoms with Gasteiger partial charge in [0.1, 0.15) is 11.6 Å². The van der Waals surface area contributed by atoms with Gasteiger partial charge in [0, 0.05) is 13.1 Å². The van der Waals surface area contributed by atoms with Gasteiger partial charge in [-0.05, 0) is 13.3 Å². The van der Waals surface area contributed by atoms with Crippen molar-refractivity contribution >= 4 is 17.3 Å². The first-order chi connectivity index (χ1) is 8.49. The summed E-state index contributed by atoms with van der Waals surface area (Å²) < 4.78 is 0. The van der Waals surface area contributed by atoms with Crippen molar-refractivity contribution in [2.24, 2.45) is 5.84 Å². The first kappa shape index (κ1) is 14.2. The van der Waals surface area contributed by atoms with Crippen molar-refractivity contribution in [3.8, 4) is 0 Å². The molecule has 0 bridgehead atoms. The van der Waals surface area contributed by atoms with Crippen LogP contribution in [0.1, 0.15) is 26.7 Å². The van der Waals surface area contributed by atoms with Gasteiger partial charge in [0.15, 0.2) is 0 Å². The third-order valence-corrected chi connectivity index (χ3v) is 2.88. The Bertz CT molecular complexity index is 424. The number of anilines is 2. The van der Waals surface area contributed by atoms with E-state index in [9.17, 15) is 10.1 Å². The fraction of sp³-hybridized carbons (Fsp3) is 0.545. The van der Waals surface area contributed by atoms with Crippen molar-refractivity contribution in [3.63, 3.8) is 0 Å². The summed E-state index contributed by atoms with van der Waals surface area (Å²) in [7, 11) is 1.87. The van der Waals surface area contributed by atoms with E-state index in [4.69, 9.17) is 5.84 Å². The Hall–Kier alpha value is -1.89. The van der Waals surface area contributed by atoms with E-state index in [2.05, 4.69) is 24.3 Å². The van der Waals surface area contributed by atoms with Crippen LogP contribution in [0.2, 0.25) is 0 Å². The van der Waals surface area contributed by atoms with Crippen LogP contribution in [0.15, 0.2) is 12.1 Å². The molecule has 0 spiro atoms. The quantitative estimate of drug-likeness (QED) is 0.456. The van der Waals surface area contributed by atoms with E-state index >= 15 is 0 Å². The van der Waals surface area contributed by atoms with Crippen LogP contribution in [0.5, 0.6) is 0 Å². The normalized spacial score (nSPS) is 12.0. The Kier molecular flexibility index (Phi) is 4.85. The first-order valence-corrected chi connectivity index (χ1v) is 5.85. The maximum atomic E-state index is 10.8. The molecular formula is C11H19N5O2. The molecule has 18 heavy (non-hydrogen) atoms. The van der Waals surface area contributed by atoms with E-state index < -0.39 is 4.92 Å². The molecule has 0 radical (unpaired) electrons. The van der Waals surface area contributed by atoms with Gasteiger partial charge in [0.05, 0.1) is 17.1 Å². The van der Waals surface area contributed by atoms with Crippen molar-refractivity contribution in [1.29, 1.82) is 0 Å². The molecule has 3 N–H and O–H groups in total. The number of hydrogen-bond donors (Lipinski definition) is 2. The molecule has 0 fully saturated rings. The lowest BCUT2D eigenvalue weighted by Crippen LogP contribution is -2.29. The number of hydrazine groups is 1. The monoisotopic (exact) mass is 253 g/mol. The molecule has 7 heteroatoms. The lowest BCUT2D eigenvalue weighted by atomic mass is 10.2. The minimum atomic E-state index is -0.454. The lowest BCUT2D eigenvalue weighted by molar-refractivity contribution is -0.384. The molecule has 1 aromatic rings. The second kappa shape index (κ2) is 6.15. The highest BCUT2D eigenvalue weighted by molar-refractivity contribution is 5.55. The fourth-order valence-corrected chi connectivity index (χ4v) is 1.70. The predicted octanol–water partition coefficient (Wildman–Crippen LogP) is 1.90. The van der Waals surface area contributed by atoms with Gasteiger partial charge in [0.2, 0.25) is 0 Å². The molecule has 1 aromatic heterocycles. The summed E-state index contributed by atoms with van der Waals surface area (Å²) in [5, 5.41) is 10.8. The fourth-order valence-electron chi connectivity index (χ4n) is 1.70. The lowest BCUT2D eigenvalue weighted by Gasteiger charge is -2.25. The number of pyridine rings is 1. The van der Waals surface area contributed by atoms with Crippen molar-refractivity contribution in [2.75, 3.05) is 17.4 Å². The van der Waals surface area contributed by atoms with Gasteiger partial charge >= 0.3 is 0 Å². The Morgan fingerprint density at radius 2 is 2.28 bits per heavy atom. The molecule has 0 saturated heterocycles. The first-order valence-electron chi connectivity index (χ1n) is 5.85. The number of nitrogen functional groups attached to an aromatic ring is 1. The van der Waals surface area contributed by atoms with Crippen LogP contribution in [-0.4, -0.2) is 23.0 Å². The van der Waals surface area contributed by atoms with E-state index in [1.807, 2.05) is 11.9 Å². The molecule has 0 amide bonds. The summed E-state index contributed by atoms with van der Waals surface area (Å²) in [4.78, 5) is 16.5. The van der Waals surface area contributed by atoms with Gasteiger partial charge in [-0.25, -0.2) is 10.8 Å². The summed E-state index contributed by atoms with van der Waals surface area (Å²) >= 11 is 0. The highest BCUT2D eigenvalue weighted by Gasteiger charge is 2.16. The average Bonchev–Trinajstić information content (AvgIpc) is 2.37. The standard InChI is InChI=1S/C11H19N5O2/c1-4-5-8(2)15(3)11-7-9(16(17)18)6-10(13-11)14-12/h6-8H,4-5,12H2,1-3H3,(H,13,14). The van der Waals surface area contributed by atoms with E-state index in [1.165, 1.54) is 12.1 Å². The molecule has 0 aliphatic rings. The number of nitro groups is 1. The number of nitrogens with two attached hydrogens (primary N) is 1. The molecular weight excluding hydrogens is 234 g/mol. The smallest absolute Gasteiger partial charge is 0.276 e. The highest BCUT2D eigenvalue weighted by Crippen LogP contribution is 2.24. The van der Waals surface area contributed by atoms with Gasteiger partial charge in [-0.15, -0.1) is 0 Å². The average molecular weight is 253 g/mol. The van der Waals surface area contributed by atoms with Crippen molar-refractivity contribution < 1.29 is 4.92 Å². The van der Waals surface area contributed by atoms with Crippen molar-refractivity contribution in [1.82, 2.24) is 4.98 Å². The predicted molar refractivity (Wildman–Crippen MR) is 71.5 cm³/mol. The van der Waals surface area contributed by atoms with E-state index in [-0.39, 0.29) is 17.5 Å². The summed E-state index contributed by atoms with van der Waals surface area (Å²) in [5.41, 5.74) is 2.32. The number of nitrogens with zero attached hydrogens (tertiary/aromatic N) is 3. The Morgan fingerprint density at radius 3 is 2.78 bits per heavy atom. The molecule has 0 aliphatic carbocycles. The zero-order valence-corrected chi connectivity index (χ0v) is 10.9. The van der Waals surface area contributed by atoms with Gasteiger partial charge in [0.25, 0.3) is 5.69 Å². The van der Waals surface area contributed by atoms with Gasteiger partial charge in [-0.2, -0.15) is 0 Å².